The minimum Gasteiger partial charge on any atom is -0.307 e. The second-order valence-corrected chi connectivity index (χ2v) is 5.95. The Morgan fingerprint density at radius 1 is 0.900 bits per heavy atom. The van der Waals surface area contributed by atoms with E-state index in [0.717, 1.165) is 17.4 Å². The van der Waals surface area contributed by atoms with Gasteiger partial charge in [0.15, 0.2) is 0 Å². The summed E-state index contributed by atoms with van der Waals surface area (Å²) < 4.78 is 1.12. The van der Waals surface area contributed by atoms with Gasteiger partial charge in [-0.1, -0.05) is 72.6 Å². The molecule has 0 saturated carbocycles. The lowest BCUT2D eigenvalue weighted by atomic mass is 9.97. The molecule has 1 atom stereocenters. The van der Waals surface area contributed by atoms with Crippen LogP contribution in [0.1, 0.15) is 43.0 Å². The summed E-state index contributed by atoms with van der Waals surface area (Å²) in [5.41, 5.74) is 4.05. The third kappa shape index (κ3) is 3.94. The van der Waals surface area contributed by atoms with Crippen molar-refractivity contribution >= 4 is 15.9 Å². The Morgan fingerprint density at radius 2 is 1.45 bits per heavy atom. The molecular weight excluding hydrogens is 310 g/mol. The van der Waals surface area contributed by atoms with Gasteiger partial charge < -0.3 is 5.32 Å². The van der Waals surface area contributed by atoms with Crippen LogP contribution in [0.4, 0.5) is 0 Å². The third-order valence-electron chi connectivity index (χ3n) is 3.46. The van der Waals surface area contributed by atoms with Crippen LogP contribution in [0.2, 0.25) is 0 Å². The van der Waals surface area contributed by atoms with Crippen LogP contribution in [0, 0.1) is 0 Å². The zero-order valence-electron chi connectivity index (χ0n) is 12.2. The molecule has 0 aliphatic heterocycles. The van der Waals surface area contributed by atoms with E-state index in [1.54, 1.807) is 0 Å². The molecule has 1 nitrogen and oxygen atoms in total. The van der Waals surface area contributed by atoms with E-state index in [4.69, 9.17) is 0 Å². The second-order valence-electron chi connectivity index (χ2n) is 5.03. The SMILES string of the molecule is CCCc1ccc(C(NCC)c2ccc(Br)cc2)cc1. The first-order chi connectivity index (χ1) is 9.74. The van der Waals surface area contributed by atoms with Gasteiger partial charge in [-0.25, -0.2) is 0 Å². The molecule has 2 rings (SSSR count). The standard InChI is InChI=1S/C18H22BrN/c1-3-5-14-6-8-15(9-7-14)18(20-4-2)16-10-12-17(19)13-11-16/h6-13,18,20H,3-5H2,1-2H3. The fourth-order valence-electron chi connectivity index (χ4n) is 2.45. The maximum absolute atomic E-state index is 3.57. The molecule has 0 radical (unpaired) electrons. The van der Waals surface area contributed by atoms with Crippen LogP contribution in [0.25, 0.3) is 0 Å². The van der Waals surface area contributed by atoms with Gasteiger partial charge in [0, 0.05) is 4.47 Å². The van der Waals surface area contributed by atoms with Crippen molar-refractivity contribution in [2.75, 3.05) is 6.54 Å². The molecule has 0 spiro atoms. The third-order valence-corrected chi connectivity index (χ3v) is 3.99. The first kappa shape index (κ1) is 15.3. The first-order valence-corrected chi connectivity index (χ1v) is 8.11. The first-order valence-electron chi connectivity index (χ1n) is 7.32. The summed E-state index contributed by atoms with van der Waals surface area (Å²) in [6.07, 6.45) is 2.35. The highest BCUT2D eigenvalue weighted by molar-refractivity contribution is 9.10. The zero-order valence-corrected chi connectivity index (χ0v) is 13.8. The van der Waals surface area contributed by atoms with Crippen molar-refractivity contribution in [3.05, 3.63) is 69.7 Å². The minimum absolute atomic E-state index is 0.267. The molecule has 0 bridgehead atoms. The fourth-order valence-corrected chi connectivity index (χ4v) is 2.72. The number of nitrogens with one attached hydrogen (secondary N) is 1. The van der Waals surface area contributed by atoms with E-state index >= 15 is 0 Å². The summed E-state index contributed by atoms with van der Waals surface area (Å²) in [6.45, 7) is 5.33. The number of hydrogen-bond acceptors (Lipinski definition) is 1. The minimum atomic E-state index is 0.267. The number of rotatable bonds is 6. The van der Waals surface area contributed by atoms with E-state index in [9.17, 15) is 0 Å². The van der Waals surface area contributed by atoms with Crippen molar-refractivity contribution in [3.63, 3.8) is 0 Å². The summed E-state index contributed by atoms with van der Waals surface area (Å²) in [5.74, 6) is 0. The lowest BCUT2D eigenvalue weighted by Crippen LogP contribution is -2.21. The van der Waals surface area contributed by atoms with Gasteiger partial charge in [0.2, 0.25) is 0 Å². The van der Waals surface area contributed by atoms with E-state index in [-0.39, 0.29) is 6.04 Å². The van der Waals surface area contributed by atoms with Gasteiger partial charge in [0.25, 0.3) is 0 Å². The zero-order chi connectivity index (χ0) is 14.4. The Hall–Kier alpha value is -1.12. The molecule has 1 N–H and O–H groups in total. The molecule has 106 valence electrons. The van der Waals surface area contributed by atoms with Gasteiger partial charge >= 0.3 is 0 Å². The number of halogens is 1. The Balaban J connectivity index is 2.25. The van der Waals surface area contributed by atoms with Crippen LogP contribution in [-0.4, -0.2) is 6.54 Å². The largest absolute Gasteiger partial charge is 0.307 e. The van der Waals surface area contributed by atoms with E-state index in [0.29, 0.717) is 0 Å². The van der Waals surface area contributed by atoms with E-state index in [2.05, 4.69) is 83.6 Å². The van der Waals surface area contributed by atoms with Crippen molar-refractivity contribution in [2.24, 2.45) is 0 Å². The molecule has 2 aromatic carbocycles. The molecule has 0 fully saturated rings. The molecule has 0 aliphatic carbocycles. The highest BCUT2D eigenvalue weighted by Gasteiger charge is 2.12. The average Bonchev–Trinajstić information content (AvgIpc) is 2.47. The molecule has 2 aromatic rings. The van der Waals surface area contributed by atoms with Crippen LogP contribution in [0.15, 0.2) is 53.0 Å². The van der Waals surface area contributed by atoms with Crippen LogP contribution in [-0.2, 0) is 6.42 Å². The van der Waals surface area contributed by atoms with Gasteiger partial charge in [-0.15, -0.1) is 0 Å². The summed E-state index contributed by atoms with van der Waals surface area (Å²) in [7, 11) is 0. The van der Waals surface area contributed by atoms with Crippen molar-refractivity contribution in [2.45, 2.75) is 32.7 Å². The van der Waals surface area contributed by atoms with Gasteiger partial charge in [0.05, 0.1) is 6.04 Å². The van der Waals surface area contributed by atoms with Crippen molar-refractivity contribution in [1.82, 2.24) is 5.32 Å². The Kier molecular flexibility index (Phi) is 5.81. The van der Waals surface area contributed by atoms with Crippen molar-refractivity contribution < 1.29 is 0 Å². The quantitative estimate of drug-likeness (QED) is 0.776. The van der Waals surface area contributed by atoms with Gasteiger partial charge in [0.1, 0.15) is 0 Å². The molecule has 0 aliphatic rings. The van der Waals surface area contributed by atoms with E-state index in [1.807, 2.05) is 0 Å². The molecule has 20 heavy (non-hydrogen) atoms. The number of benzene rings is 2. The van der Waals surface area contributed by atoms with Crippen molar-refractivity contribution in [3.8, 4) is 0 Å². The highest BCUT2D eigenvalue weighted by atomic mass is 79.9. The summed E-state index contributed by atoms with van der Waals surface area (Å²) in [4.78, 5) is 0. The smallest absolute Gasteiger partial charge is 0.0576 e. The molecule has 0 heterocycles. The Morgan fingerprint density at radius 3 is 1.95 bits per heavy atom. The summed E-state index contributed by atoms with van der Waals surface area (Å²) >= 11 is 3.50. The predicted octanol–water partition coefficient (Wildman–Crippen LogP) is 5.10. The number of hydrogen-bond donors (Lipinski definition) is 1. The van der Waals surface area contributed by atoms with Crippen LogP contribution in [0.3, 0.4) is 0 Å². The monoisotopic (exact) mass is 331 g/mol. The fraction of sp³-hybridized carbons (Fsp3) is 0.333. The summed E-state index contributed by atoms with van der Waals surface area (Å²) in [6, 6.07) is 17.8. The molecule has 1 unspecified atom stereocenters. The van der Waals surface area contributed by atoms with Crippen LogP contribution >= 0.6 is 15.9 Å². The van der Waals surface area contributed by atoms with E-state index in [1.165, 1.54) is 23.1 Å². The van der Waals surface area contributed by atoms with Crippen LogP contribution < -0.4 is 5.32 Å². The van der Waals surface area contributed by atoms with Crippen LogP contribution in [0.5, 0.6) is 0 Å². The molecule has 0 saturated heterocycles. The Labute approximate surface area is 130 Å². The average molecular weight is 332 g/mol. The maximum atomic E-state index is 3.57. The molecule has 0 amide bonds. The maximum Gasteiger partial charge on any atom is 0.0576 e. The second kappa shape index (κ2) is 7.61. The molecular formula is C18H22BrN. The molecule has 0 aromatic heterocycles. The van der Waals surface area contributed by atoms with E-state index < -0.39 is 0 Å². The molecule has 2 heteroatoms. The normalized spacial score (nSPS) is 12.3. The van der Waals surface area contributed by atoms with Gasteiger partial charge in [-0.3, -0.25) is 0 Å². The van der Waals surface area contributed by atoms with Gasteiger partial charge in [-0.2, -0.15) is 0 Å². The number of aryl methyl sites for hydroxylation is 1. The predicted molar refractivity (Wildman–Crippen MR) is 90.1 cm³/mol. The lowest BCUT2D eigenvalue weighted by Gasteiger charge is -2.19. The summed E-state index contributed by atoms with van der Waals surface area (Å²) in [5, 5.41) is 3.57. The van der Waals surface area contributed by atoms with Crippen molar-refractivity contribution in [1.29, 1.82) is 0 Å². The highest BCUT2D eigenvalue weighted by Crippen LogP contribution is 2.24. The van der Waals surface area contributed by atoms with Gasteiger partial charge in [-0.05, 0) is 41.8 Å². The topological polar surface area (TPSA) is 12.0 Å². The lowest BCUT2D eigenvalue weighted by molar-refractivity contribution is 0.630. The Bertz CT molecular complexity index is 516.